The molecule has 0 fully saturated rings. The first-order valence-electron chi connectivity index (χ1n) is 7.55. The van der Waals surface area contributed by atoms with Crippen LogP contribution in [-0.4, -0.2) is 18.5 Å². The van der Waals surface area contributed by atoms with Crippen molar-refractivity contribution < 1.29 is 23.5 Å². The number of nitrogens with two attached hydrogens (primary N) is 1. The quantitative estimate of drug-likeness (QED) is 0.615. The highest BCUT2D eigenvalue weighted by Gasteiger charge is 2.23. The minimum atomic E-state index is -0.683. The molecule has 134 valence electrons. The van der Waals surface area contributed by atoms with E-state index in [1.807, 2.05) is 6.07 Å². The molecular weight excluding hydrogens is 359 g/mol. The molecule has 0 bridgehead atoms. The van der Waals surface area contributed by atoms with Crippen LogP contribution in [0.15, 0.2) is 30.3 Å². The molecule has 0 spiro atoms. The van der Waals surface area contributed by atoms with Gasteiger partial charge in [-0.15, -0.1) is 11.3 Å². The van der Waals surface area contributed by atoms with E-state index in [0.29, 0.717) is 5.56 Å². The molecule has 8 heteroatoms. The number of halogens is 1. The normalized spacial score (nSPS) is 10.5. The van der Waals surface area contributed by atoms with Gasteiger partial charge >= 0.3 is 11.9 Å². The minimum absolute atomic E-state index is 0.0911. The summed E-state index contributed by atoms with van der Waals surface area (Å²) in [6.45, 7) is 1.52. The fourth-order valence-electron chi connectivity index (χ4n) is 2.04. The predicted octanol–water partition coefficient (Wildman–Crippen LogP) is 3.27. The zero-order valence-corrected chi connectivity index (χ0v) is 14.6. The lowest BCUT2D eigenvalue weighted by molar-refractivity contribution is -0.138. The number of carbonyl (C=O) groups is 2. The van der Waals surface area contributed by atoms with Gasteiger partial charge in [0.05, 0.1) is 12.2 Å². The fourth-order valence-corrected chi connectivity index (χ4v) is 2.95. The number of nitriles is 1. The summed E-state index contributed by atoms with van der Waals surface area (Å²) >= 11 is 0.913. The Labute approximate surface area is 153 Å². The lowest BCUT2D eigenvalue weighted by Gasteiger charge is -2.05. The molecule has 0 aliphatic carbocycles. The third-order valence-corrected chi connectivity index (χ3v) is 4.29. The molecule has 0 atom stereocenters. The highest BCUT2D eigenvalue weighted by molar-refractivity contribution is 7.18. The van der Waals surface area contributed by atoms with E-state index in [4.69, 9.17) is 15.2 Å². The second kappa shape index (κ2) is 8.78. The average Bonchev–Trinajstić information content (AvgIpc) is 2.95. The van der Waals surface area contributed by atoms with Crippen molar-refractivity contribution in [3.63, 3.8) is 0 Å². The van der Waals surface area contributed by atoms with Crippen LogP contribution in [0.2, 0.25) is 0 Å². The number of anilines is 1. The number of nitrogens with zero attached hydrogens (tertiary/aromatic N) is 1. The van der Waals surface area contributed by atoms with E-state index in [2.05, 4.69) is 0 Å². The summed E-state index contributed by atoms with van der Waals surface area (Å²) in [6, 6.07) is 7.45. The number of hydrogen-bond donors (Lipinski definition) is 1. The molecule has 0 saturated heterocycles. The summed E-state index contributed by atoms with van der Waals surface area (Å²) in [7, 11) is 0. The van der Waals surface area contributed by atoms with Gasteiger partial charge in [-0.3, -0.25) is 0 Å². The maximum absolute atomic E-state index is 12.8. The monoisotopic (exact) mass is 374 g/mol. The van der Waals surface area contributed by atoms with E-state index in [9.17, 15) is 19.2 Å². The van der Waals surface area contributed by atoms with E-state index in [0.717, 1.165) is 11.3 Å². The molecule has 1 heterocycles. The zero-order chi connectivity index (χ0) is 19.1. The molecule has 1 aromatic heterocycles. The molecular formula is C18H15FN2O4S. The van der Waals surface area contributed by atoms with Crippen molar-refractivity contribution in [2.45, 2.75) is 13.5 Å². The van der Waals surface area contributed by atoms with Crippen LogP contribution in [0, 0.1) is 17.1 Å². The van der Waals surface area contributed by atoms with Crippen molar-refractivity contribution in [2.75, 3.05) is 12.3 Å². The van der Waals surface area contributed by atoms with Crippen molar-refractivity contribution in [1.29, 1.82) is 5.26 Å². The highest BCUT2D eigenvalue weighted by Crippen LogP contribution is 2.31. The summed E-state index contributed by atoms with van der Waals surface area (Å²) < 4.78 is 22.9. The standard InChI is InChI=1S/C18H15FN2O4S/c1-2-24-18(23)16-14(13(9-20)17(21)26-16)10-25-15(22)8-5-11-3-6-12(19)7-4-11/h3-8H,2,10,21H2,1H3/b8-5+. The Balaban J connectivity index is 2.10. The first kappa shape index (κ1) is 19.1. The number of carbonyl (C=O) groups excluding carboxylic acids is 2. The van der Waals surface area contributed by atoms with E-state index < -0.39 is 11.9 Å². The minimum Gasteiger partial charge on any atom is -0.462 e. The van der Waals surface area contributed by atoms with Crippen LogP contribution < -0.4 is 5.73 Å². The highest BCUT2D eigenvalue weighted by atomic mass is 32.1. The molecule has 26 heavy (non-hydrogen) atoms. The van der Waals surface area contributed by atoms with E-state index in [1.54, 1.807) is 6.92 Å². The topological polar surface area (TPSA) is 102 Å². The predicted molar refractivity (Wildman–Crippen MR) is 94.6 cm³/mol. The Morgan fingerprint density at radius 3 is 2.62 bits per heavy atom. The summed E-state index contributed by atoms with van der Waals surface area (Å²) in [6.07, 6.45) is 2.63. The first-order chi connectivity index (χ1) is 12.5. The van der Waals surface area contributed by atoms with Gasteiger partial charge in [0.2, 0.25) is 0 Å². The van der Waals surface area contributed by atoms with Crippen molar-refractivity contribution in [3.8, 4) is 6.07 Å². The zero-order valence-electron chi connectivity index (χ0n) is 13.8. The van der Waals surface area contributed by atoms with Crippen LogP contribution in [0.5, 0.6) is 0 Å². The fraction of sp³-hybridized carbons (Fsp3) is 0.167. The summed E-state index contributed by atoms with van der Waals surface area (Å²) in [4.78, 5) is 24.0. The smallest absolute Gasteiger partial charge is 0.348 e. The van der Waals surface area contributed by atoms with Crippen LogP contribution in [0.4, 0.5) is 9.39 Å². The van der Waals surface area contributed by atoms with Gasteiger partial charge in [0.1, 0.15) is 28.4 Å². The Bertz CT molecular complexity index is 882. The largest absolute Gasteiger partial charge is 0.462 e. The molecule has 2 N–H and O–H groups in total. The summed E-state index contributed by atoms with van der Waals surface area (Å²) in [5, 5.41) is 9.36. The maximum Gasteiger partial charge on any atom is 0.348 e. The number of benzene rings is 1. The first-order valence-corrected chi connectivity index (χ1v) is 8.36. The van der Waals surface area contributed by atoms with Crippen LogP contribution in [-0.2, 0) is 20.9 Å². The van der Waals surface area contributed by atoms with Crippen molar-refractivity contribution in [2.24, 2.45) is 0 Å². The Morgan fingerprint density at radius 1 is 1.31 bits per heavy atom. The number of thiophene rings is 1. The molecule has 1 aromatic carbocycles. The van der Waals surface area contributed by atoms with Gasteiger partial charge in [-0.25, -0.2) is 14.0 Å². The second-order valence-electron chi connectivity index (χ2n) is 4.97. The van der Waals surface area contributed by atoms with Gasteiger partial charge in [-0.05, 0) is 30.7 Å². The Morgan fingerprint density at radius 2 is 2.00 bits per heavy atom. The van der Waals surface area contributed by atoms with Gasteiger partial charge in [0.25, 0.3) is 0 Å². The maximum atomic E-state index is 12.8. The molecule has 2 aromatic rings. The van der Waals surface area contributed by atoms with E-state index in [1.165, 1.54) is 36.4 Å². The third-order valence-electron chi connectivity index (χ3n) is 3.25. The molecule has 0 amide bonds. The average molecular weight is 374 g/mol. The lowest BCUT2D eigenvalue weighted by atomic mass is 10.1. The van der Waals surface area contributed by atoms with Crippen LogP contribution in [0.3, 0.4) is 0 Å². The second-order valence-corrected chi connectivity index (χ2v) is 6.03. The molecule has 0 aliphatic rings. The van der Waals surface area contributed by atoms with E-state index >= 15 is 0 Å². The number of nitrogen functional groups attached to an aromatic ring is 1. The van der Waals surface area contributed by atoms with E-state index in [-0.39, 0.29) is 40.0 Å². The van der Waals surface area contributed by atoms with Gasteiger partial charge < -0.3 is 15.2 Å². The van der Waals surface area contributed by atoms with Gasteiger partial charge in [0, 0.05) is 11.6 Å². The van der Waals surface area contributed by atoms with Crippen LogP contribution in [0.25, 0.3) is 6.08 Å². The lowest BCUT2D eigenvalue weighted by Crippen LogP contribution is -2.08. The molecule has 0 unspecified atom stereocenters. The molecule has 6 nitrogen and oxygen atoms in total. The van der Waals surface area contributed by atoms with Crippen molar-refractivity contribution >= 4 is 34.4 Å². The summed E-state index contributed by atoms with van der Waals surface area (Å²) in [5.41, 5.74) is 6.67. The number of hydrogen-bond acceptors (Lipinski definition) is 7. The SMILES string of the molecule is CCOC(=O)c1sc(N)c(C#N)c1COC(=O)/C=C/c1ccc(F)cc1. The van der Waals surface area contributed by atoms with Gasteiger partial charge in [-0.2, -0.15) is 5.26 Å². The number of rotatable bonds is 6. The molecule has 2 rings (SSSR count). The van der Waals surface area contributed by atoms with Crippen molar-refractivity contribution in [1.82, 2.24) is 0 Å². The Kier molecular flexibility index (Phi) is 6.47. The molecule has 0 saturated carbocycles. The number of esters is 2. The van der Waals surface area contributed by atoms with Gasteiger partial charge in [0.15, 0.2) is 0 Å². The summed E-state index contributed by atoms with van der Waals surface area (Å²) in [5.74, 6) is -1.69. The van der Waals surface area contributed by atoms with Crippen molar-refractivity contribution in [3.05, 3.63) is 57.7 Å². The number of ether oxygens (including phenoxy) is 2. The molecule has 0 aliphatic heterocycles. The van der Waals surface area contributed by atoms with Crippen LogP contribution in [0.1, 0.15) is 33.3 Å². The third kappa shape index (κ3) is 4.68. The molecule has 0 radical (unpaired) electrons. The van der Waals surface area contributed by atoms with Gasteiger partial charge in [-0.1, -0.05) is 12.1 Å². The Hall–Kier alpha value is -3.18. The van der Waals surface area contributed by atoms with Crippen LogP contribution >= 0.6 is 11.3 Å².